The van der Waals surface area contributed by atoms with E-state index in [1.165, 1.54) is 0 Å². The quantitative estimate of drug-likeness (QED) is 0.783. The van der Waals surface area contributed by atoms with Gasteiger partial charge >= 0.3 is 0 Å². The first kappa shape index (κ1) is 11.7. The van der Waals surface area contributed by atoms with Crippen LogP contribution >= 0.6 is 0 Å². The molecule has 2 rings (SSSR count). The van der Waals surface area contributed by atoms with Gasteiger partial charge in [-0.05, 0) is 30.7 Å². The molecule has 0 N–H and O–H groups in total. The Morgan fingerprint density at radius 3 is 3.06 bits per heavy atom. The van der Waals surface area contributed by atoms with Gasteiger partial charge in [0.2, 0.25) is 0 Å². The van der Waals surface area contributed by atoms with Crippen LogP contribution in [0.15, 0.2) is 36.1 Å². The van der Waals surface area contributed by atoms with Gasteiger partial charge in [-0.25, -0.2) is 0 Å². The first-order chi connectivity index (χ1) is 8.25. The minimum absolute atomic E-state index is 0.0233. The van der Waals surface area contributed by atoms with Crippen LogP contribution in [0.2, 0.25) is 0 Å². The van der Waals surface area contributed by atoms with Crippen molar-refractivity contribution < 1.29 is 14.3 Å². The van der Waals surface area contributed by atoms with Crippen molar-refractivity contribution in [1.82, 2.24) is 0 Å². The molecule has 17 heavy (non-hydrogen) atoms. The molecule has 0 radical (unpaired) electrons. The molecule has 1 aromatic rings. The SMILES string of the molecule is Cc1cccc(OCCC(=O)C2=CCCO2)c1. The lowest BCUT2D eigenvalue weighted by Gasteiger charge is -2.06. The lowest BCUT2D eigenvalue weighted by atomic mass is 10.2. The van der Waals surface area contributed by atoms with Crippen molar-refractivity contribution in [3.8, 4) is 5.75 Å². The van der Waals surface area contributed by atoms with E-state index in [2.05, 4.69) is 0 Å². The zero-order valence-electron chi connectivity index (χ0n) is 9.94. The van der Waals surface area contributed by atoms with E-state index in [9.17, 15) is 4.79 Å². The van der Waals surface area contributed by atoms with Gasteiger partial charge in [0.15, 0.2) is 11.5 Å². The fourth-order valence-electron chi connectivity index (χ4n) is 1.70. The van der Waals surface area contributed by atoms with Crippen LogP contribution in [0.5, 0.6) is 5.75 Å². The summed E-state index contributed by atoms with van der Waals surface area (Å²) in [5.74, 6) is 1.33. The van der Waals surface area contributed by atoms with E-state index in [1.54, 1.807) is 0 Å². The lowest BCUT2D eigenvalue weighted by molar-refractivity contribution is -0.119. The fraction of sp³-hybridized carbons (Fsp3) is 0.357. The van der Waals surface area contributed by atoms with Gasteiger partial charge in [-0.1, -0.05) is 12.1 Å². The molecule has 0 amide bonds. The highest BCUT2D eigenvalue weighted by molar-refractivity contribution is 5.93. The summed E-state index contributed by atoms with van der Waals surface area (Å²) >= 11 is 0. The van der Waals surface area contributed by atoms with Crippen molar-refractivity contribution in [2.75, 3.05) is 13.2 Å². The maximum Gasteiger partial charge on any atom is 0.200 e. The summed E-state index contributed by atoms with van der Waals surface area (Å²) in [4.78, 5) is 11.6. The molecule has 0 atom stereocenters. The van der Waals surface area contributed by atoms with E-state index in [0.717, 1.165) is 17.7 Å². The number of carbonyl (C=O) groups excluding carboxylic acids is 1. The summed E-state index contributed by atoms with van der Waals surface area (Å²) in [6, 6.07) is 7.79. The van der Waals surface area contributed by atoms with Gasteiger partial charge in [-0.2, -0.15) is 0 Å². The van der Waals surface area contributed by atoms with Crippen LogP contribution in [-0.4, -0.2) is 19.0 Å². The molecule has 0 saturated carbocycles. The van der Waals surface area contributed by atoms with E-state index >= 15 is 0 Å². The molecule has 0 saturated heterocycles. The van der Waals surface area contributed by atoms with E-state index in [4.69, 9.17) is 9.47 Å². The van der Waals surface area contributed by atoms with Gasteiger partial charge in [-0.3, -0.25) is 4.79 Å². The van der Waals surface area contributed by atoms with Gasteiger partial charge in [0, 0.05) is 12.8 Å². The maximum atomic E-state index is 11.6. The summed E-state index contributed by atoms with van der Waals surface area (Å²) in [6.45, 7) is 3.03. The number of hydrogen-bond donors (Lipinski definition) is 0. The van der Waals surface area contributed by atoms with Gasteiger partial charge in [0.05, 0.1) is 13.2 Å². The number of allylic oxidation sites excluding steroid dienone is 1. The Labute approximate surface area is 101 Å². The minimum atomic E-state index is 0.0233. The van der Waals surface area contributed by atoms with Crippen molar-refractivity contribution in [2.24, 2.45) is 0 Å². The molecule has 0 bridgehead atoms. The number of Topliss-reactive ketones (excluding diaryl/α,β-unsaturated/α-hetero) is 1. The first-order valence-electron chi connectivity index (χ1n) is 5.81. The smallest absolute Gasteiger partial charge is 0.200 e. The highest BCUT2D eigenvalue weighted by atomic mass is 16.5. The van der Waals surface area contributed by atoms with Gasteiger partial charge in [-0.15, -0.1) is 0 Å². The van der Waals surface area contributed by atoms with Gasteiger partial charge < -0.3 is 9.47 Å². The monoisotopic (exact) mass is 232 g/mol. The van der Waals surface area contributed by atoms with Crippen LogP contribution in [0.4, 0.5) is 0 Å². The molecule has 0 fully saturated rings. The molecule has 0 aliphatic carbocycles. The Morgan fingerprint density at radius 1 is 1.47 bits per heavy atom. The molecule has 1 aliphatic heterocycles. The highest BCUT2D eigenvalue weighted by Crippen LogP contribution is 2.14. The second-order valence-electron chi connectivity index (χ2n) is 4.04. The molecule has 0 spiro atoms. The largest absolute Gasteiger partial charge is 0.493 e. The Hall–Kier alpha value is -1.77. The second kappa shape index (κ2) is 5.53. The third-order valence-electron chi connectivity index (χ3n) is 2.57. The normalized spacial score (nSPS) is 14.1. The van der Waals surface area contributed by atoms with Crippen molar-refractivity contribution in [2.45, 2.75) is 19.8 Å². The Bertz CT molecular complexity index is 435. The van der Waals surface area contributed by atoms with E-state index in [1.807, 2.05) is 37.3 Å². The molecule has 0 unspecified atom stereocenters. The molecule has 1 aromatic carbocycles. The van der Waals surface area contributed by atoms with Crippen LogP contribution in [0, 0.1) is 6.92 Å². The molecule has 3 heteroatoms. The van der Waals surface area contributed by atoms with Crippen molar-refractivity contribution in [3.63, 3.8) is 0 Å². The predicted molar refractivity (Wildman–Crippen MR) is 65.0 cm³/mol. The van der Waals surface area contributed by atoms with Crippen molar-refractivity contribution in [1.29, 1.82) is 0 Å². The van der Waals surface area contributed by atoms with Crippen LogP contribution < -0.4 is 4.74 Å². The van der Waals surface area contributed by atoms with Gasteiger partial charge in [0.1, 0.15) is 5.75 Å². The van der Waals surface area contributed by atoms with E-state index in [0.29, 0.717) is 25.4 Å². The average Bonchev–Trinajstić information content (AvgIpc) is 2.82. The molecule has 90 valence electrons. The van der Waals surface area contributed by atoms with Crippen LogP contribution in [0.1, 0.15) is 18.4 Å². The number of carbonyl (C=O) groups is 1. The molecular weight excluding hydrogens is 216 g/mol. The van der Waals surface area contributed by atoms with Crippen LogP contribution in [0.3, 0.4) is 0 Å². The van der Waals surface area contributed by atoms with Crippen molar-refractivity contribution >= 4 is 5.78 Å². The molecule has 1 heterocycles. The van der Waals surface area contributed by atoms with Crippen molar-refractivity contribution in [3.05, 3.63) is 41.7 Å². The fourth-order valence-corrected chi connectivity index (χ4v) is 1.70. The topological polar surface area (TPSA) is 35.5 Å². The standard InChI is InChI=1S/C14H16O3/c1-11-4-2-5-12(10-11)16-9-7-13(15)14-6-3-8-17-14/h2,4-6,10H,3,7-9H2,1H3. The zero-order chi connectivity index (χ0) is 12.1. The summed E-state index contributed by atoms with van der Waals surface area (Å²) in [7, 11) is 0. The summed E-state index contributed by atoms with van der Waals surface area (Å²) < 4.78 is 10.7. The third-order valence-corrected chi connectivity index (χ3v) is 2.57. The average molecular weight is 232 g/mol. The Balaban J connectivity index is 1.77. The maximum absolute atomic E-state index is 11.6. The third kappa shape index (κ3) is 3.34. The van der Waals surface area contributed by atoms with E-state index < -0.39 is 0 Å². The molecule has 3 nitrogen and oxygen atoms in total. The minimum Gasteiger partial charge on any atom is -0.493 e. The highest BCUT2D eigenvalue weighted by Gasteiger charge is 2.14. The lowest BCUT2D eigenvalue weighted by Crippen LogP contribution is -2.09. The number of ketones is 1. The molecule has 1 aliphatic rings. The summed E-state index contributed by atoms with van der Waals surface area (Å²) in [6.07, 6.45) is 3.04. The molecule has 0 aromatic heterocycles. The second-order valence-corrected chi connectivity index (χ2v) is 4.04. The molecular formula is C14H16O3. The van der Waals surface area contributed by atoms with Crippen LogP contribution in [-0.2, 0) is 9.53 Å². The number of hydrogen-bond acceptors (Lipinski definition) is 3. The van der Waals surface area contributed by atoms with E-state index in [-0.39, 0.29) is 5.78 Å². The summed E-state index contributed by atoms with van der Waals surface area (Å²) in [5, 5.41) is 0. The zero-order valence-corrected chi connectivity index (χ0v) is 9.94. The summed E-state index contributed by atoms with van der Waals surface area (Å²) in [5.41, 5.74) is 1.15. The van der Waals surface area contributed by atoms with Gasteiger partial charge in [0.25, 0.3) is 0 Å². The Kier molecular flexibility index (Phi) is 3.81. The van der Waals surface area contributed by atoms with Crippen LogP contribution in [0.25, 0.3) is 0 Å². The number of benzene rings is 1. The first-order valence-corrected chi connectivity index (χ1v) is 5.81. The number of ether oxygens (including phenoxy) is 2. The number of aryl methyl sites for hydroxylation is 1. The Morgan fingerprint density at radius 2 is 2.35 bits per heavy atom. The predicted octanol–water partition coefficient (Wildman–Crippen LogP) is 2.64. The number of rotatable bonds is 5.